The van der Waals surface area contributed by atoms with Gasteiger partial charge in [0.25, 0.3) is 0 Å². The molecular formula is C24H42IN5O2. The number of hydrogen-bond donors (Lipinski definition) is 2. The van der Waals surface area contributed by atoms with Crippen LogP contribution in [-0.2, 0) is 22.6 Å². The molecule has 0 amide bonds. The fourth-order valence-electron chi connectivity index (χ4n) is 3.95. The number of likely N-dealkylation sites (N-methyl/N-ethyl adjacent to an activating group) is 1. The Morgan fingerprint density at radius 3 is 2.69 bits per heavy atom. The Morgan fingerprint density at radius 1 is 1.12 bits per heavy atom. The van der Waals surface area contributed by atoms with Crippen LogP contribution in [0.1, 0.15) is 37.3 Å². The molecule has 8 heteroatoms. The third kappa shape index (κ3) is 10.3. The minimum absolute atomic E-state index is 0. The Labute approximate surface area is 211 Å². The zero-order valence-corrected chi connectivity index (χ0v) is 22.2. The Bertz CT molecular complexity index is 652. The molecule has 1 atom stereocenters. The van der Waals surface area contributed by atoms with Crippen LogP contribution in [0, 0.1) is 0 Å². The maximum absolute atomic E-state index is 5.82. The zero-order valence-electron chi connectivity index (χ0n) is 19.9. The van der Waals surface area contributed by atoms with Crippen molar-refractivity contribution in [3.05, 3.63) is 35.4 Å². The van der Waals surface area contributed by atoms with Crippen LogP contribution in [-0.4, -0.2) is 88.0 Å². The van der Waals surface area contributed by atoms with Crippen molar-refractivity contribution in [1.29, 1.82) is 0 Å². The molecular weight excluding hydrogens is 517 g/mol. The molecule has 0 bridgehead atoms. The predicted molar refractivity (Wildman–Crippen MR) is 142 cm³/mol. The molecule has 2 saturated heterocycles. The first-order chi connectivity index (χ1) is 15.2. The molecule has 2 fully saturated rings. The normalized spacial score (nSPS) is 20.6. The number of ether oxygens (including phenoxy) is 2. The van der Waals surface area contributed by atoms with Gasteiger partial charge in [0, 0.05) is 45.9 Å². The number of guanidine groups is 1. The monoisotopic (exact) mass is 559 g/mol. The maximum atomic E-state index is 5.82. The molecule has 0 spiro atoms. The minimum atomic E-state index is 0. The van der Waals surface area contributed by atoms with E-state index in [2.05, 4.69) is 58.7 Å². The van der Waals surface area contributed by atoms with Crippen molar-refractivity contribution >= 4 is 29.9 Å². The average molecular weight is 560 g/mol. The molecule has 2 aliphatic heterocycles. The summed E-state index contributed by atoms with van der Waals surface area (Å²) >= 11 is 0. The van der Waals surface area contributed by atoms with Gasteiger partial charge in [-0.3, -0.25) is 4.90 Å². The van der Waals surface area contributed by atoms with Gasteiger partial charge in [-0.2, -0.15) is 0 Å². The quantitative estimate of drug-likeness (QED) is 0.199. The van der Waals surface area contributed by atoms with Crippen molar-refractivity contribution in [3.63, 3.8) is 0 Å². The van der Waals surface area contributed by atoms with E-state index in [0.717, 1.165) is 71.3 Å². The maximum Gasteiger partial charge on any atom is 0.191 e. The second kappa shape index (κ2) is 15.8. The molecule has 2 N–H and O–H groups in total. The highest BCUT2D eigenvalue weighted by molar-refractivity contribution is 14.0. The lowest BCUT2D eigenvalue weighted by Crippen LogP contribution is -2.38. The van der Waals surface area contributed by atoms with E-state index in [1.807, 2.05) is 0 Å². The van der Waals surface area contributed by atoms with Gasteiger partial charge >= 0.3 is 0 Å². The van der Waals surface area contributed by atoms with Crippen molar-refractivity contribution in [3.8, 4) is 0 Å². The van der Waals surface area contributed by atoms with Crippen LogP contribution in [0.2, 0.25) is 0 Å². The number of benzene rings is 1. The van der Waals surface area contributed by atoms with E-state index >= 15 is 0 Å². The lowest BCUT2D eigenvalue weighted by atomic mass is 10.1. The van der Waals surface area contributed by atoms with Crippen LogP contribution in [0.4, 0.5) is 0 Å². The standard InChI is InChI=1S/C24H41N5O2.HI/c1-3-25-24(26-11-4-16-31-23-10-17-30-20-23)27-18-21-6-8-22(9-7-21)19-29-13-5-12-28(2)14-15-29;/h6-9,23H,3-5,10-20H2,1-2H3,(H2,25,26,27);1H. The second-order valence-corrected chi connectivity index (χ2v) is 8.58. The number of nitrogens with one attached hydrogen (secondary N) is 2. The van der Waals surface area contributed by atoms with Gasteiger partial charge in [-0.25, -0.2) is 4.99 Å². The Morgan fingerprint density at radius 2 is 1.94 bits per heavy atom. The van der Waals surface area contributed by atoms with Crippen molar-refractivity contribution in [2.75, 3.05) is 66.1 Å². The molecule has 2 aliphatic rings. The lowest BCUT2D eigenvalue weighted by molar-refractivity contribution is 0.0420. The van der Waals surface area contributed by atoms with Gasteiger partial charge in [-0.15, -0.1) is 24.0 Å². The molecule has 1 aromatic carbocycles. The summed E-state index contributed by atoms with van der Waals surface area (Å²) in [4.78, 5) is 9.73. The van der Waals surface area contributed by atoms with Crippen molar-refractivity contribution in [2.24, 2.45) is 4.99 Å². The highest BCUT2D eigenvalue weighted by Gasteiger charge is 2.15. The molecule has 182 valence electrons. The van der Waals surface area contributed by atoms with Gasteiger partial charge in [0.05, 0.1) is 19.3 Å². The average Bonchev–Trinajstić information content (AvgIpc) is 3.21. The highest BCUT2D eigenvalue weighted by Crippen LogP contribution is 2.11. The van der Waals surface area contributed by atoms with E-state index in [1.165, 1.54) is 30.6 Å². The van der Waals surface area contributed by atoms with Gasteiger partial charge < -0.3 is 25.0 Å². The van der Waals surface area contributed by atoms with Gasteiger partial charge in [0.2, 0.25) is 0 Å². The van der Waals surface area contributed by atoms with Crippen LogP contribution >= 0.6 is 24.0 Å². The Kier molecular flexibility index (Phi) is 13.5. The molecule has 0 aliphatic carbocycles. The third-order valence-electron chi connectivity index (χ3n) is 5.86. The first-order valence-corrected chi connectivity index (χ1v) is 11.9. The van der Waals surface area contributed by atoms with Crippen molar-refractivity contribution < 1.29 is 9.47 Å². The molecule has 2 heterocycles. The highest BCUT2D eigenvalue weighted by atomic mass is 127. The van der Waals surface area contributed by atoms with Crippen LogP contribution in [0.3, 0.4) is 0 Å². The summed E-state index contributed by atoms with van der Waals surface area (Å²) in [5.41, 5.74) is 2.62. The lowest BCUT2D eigenvalue weighted by Gasteiger charge is -2.20. The summed E-state index contributed by atoms with van der Waals surface area (Å²) in [6.45, 7) is 12.6. The Balaban J connectivity index is 0.00000363. The van der Waals surface area contributed by atoms with Crippen molar-refractivity contribution in [1.82, 2.24) is 20.4 Å². The minimum Gasteiger partial charge on any atom is -0.379 e. The third-order valence-corrected chi connectivity index (χ3v) is 5.86. The molecule has 7 nitrogen and oxygen atoms in total. The SMILES string of the molecule is CCNC(=NCc1ccc(CN2CCCN(C)CC2)cc1)NCCCOC1CCOC1.I. The van der Waals surface area contributed by atoms with E-state index in [1.54, 1.807) is 0 Å². The molecule has 0 radical (unpaired) electrons. The van der Waals surface area contributed by atoms with Gasteiger partial charge in [0.15, 0.2) is 5.96 Å². The molecule has 3 rings (SSSR count). The van der Waals surface area contributed by atoms with Crippen molar-refractivity contribution in [2.45, 2.75) is 45.4 Å². The number of halogens is 1. The van der Waals surface area contributed by atoms with Crippen LogP contribution in [0.5, 0.6) is 0 Å². The first-order valence-electron chi connectivity index (χ1n) is 11.9. The second-order valence-electron chi connectivity index (χ2n) is 8.58. The fraction of sp³-hybridized carbons (Fsp3) is 0.708. The van der Waals surface area contributed by atoms with E-state index < -0.39 is 0 Å². The number of rotatable bonds is 10. The van der Waals surface area contributed by atoms with E-state index in [-0.39, 0.29) is 30.1 Å². The summed E-state index contributed by atoms with van der Waals surface area (Å²) in [5, 5.41) is 6.74. The smallest absolute Gasteiger partial charge is 0.191 e. The largest absolute Gasteiger partial charge is 0.379 e. The summed E-state index contributed by atoms with van der Waals surface area (Å²) in [6.07, 6.45) is 3.52. The predicted octanol–water partition coefficient (Wildman–Crippen LogP) is 2.69. The van der Waals surface area contributed by atoms with Crippen LogP contribution in [0.25, 0.3) is 0 Å². The molecule has 1 unspecified atom stereocenters. The van der Waals surface area contributed by atoms with E-state index in [0.29, 0.717) is 6.54 Å². The number of hydrogen-bond acceptors (Lipinski definition) is 5. The Hall–Kier alpha value is -0.940. The van der Waals surface area contributed by atoms with Crippen LogP contribution < -0.4 is 10.6 Å². The molecule has 32 heavy (non-hydrogen) atoms. The van der Waals surface area contributed by atoms with Gasteiger partial charge in [-0.05, 0) is 57.5 Å². The summed E-state index contributed by atoms with van der Waals surface area (Å²) in [7, 11) is 2.22. The summed E-state index contributed by atoms with van der Waals surface area (Å²) in [5.74, 6) is 0.865. The first kappa shape index (κ1) is 27.3. The zero-order chi connectivity index (χ0) is 21.7. The van der Waals surface area contributed by atoms with Crippen LogP contribution in [0.15, 0.2) is 29.3 Å². The molecule has 0 saturated carbocycles. The molecule has 0 aromatic heterocycles. The fourth-order valence-corrected chi connectivity index (χ4v) is 3.95. The summed E-state index contributed by atoms with van der Waals surface area (Å²) in [6, 6.07) is 8.93. The summed E-state index contributed by atoms with van der Waals surface area (Å²) < 4.78 is 11.2. The van der Waals surface area contributed by atoms with E-state index in [4.69, 9.17) is 14.5 Å². The van der Waals surface area contributed by atoms with Gasteiger partial charge in [0.1, 0.15) is 0 Å². The number of aliphatic imine (C=N–C) groups is 1. The van der Waals surface area contributed by atoms with E-state index in [9.17, 15) is 0 Å². The number of nitrogens with zero attached hydrogens (tertiary/aromatic N) is 3. The topological polar surface area (TPSA) is 61.4 Å². The molecule has 1 aromatic rings. The van der Waals surface area contributed by atoms with Gasteiger partial charge in [-0.1, -0.05) is 24.3 Å².